The Bertz CT molecular complexity index is 600. The fourth-order valence-electron chi connectivity index (χ4n) is 2.27. The molecule has 110 valence electrons. The van der Waals surface area contributed by atoms with Crippen LogP contribution in [-0.4, -0.2) is 27.3 Å². The van der Waals surface area contributed by atoms with Crippen LogP contribution in [0.4, 0.5) is 0 Å². The summed E-state index contributed by atoms with van der Waals surface area (Å²) in [6.07, 6.45) is 9.31. The number of nitrogens with two attached hydrogens (primary N) is 1. The van der Waals surface area contributed by atoms with Crippen LogP contribution in [0.5, 0.6) is 0 Å². The number of rotatable bonds is 5. The molecule has 3 N–H and O–H groups in total. The van der Waals surface area contributed by atoms with Gasteiger partial charge in [0.1, 0.15) is 0 Å². The summed E-state index contributed by atoms with van der Waals surface area (Å²) in [6.45, 7) is 1.48. The topological polar surface area (TPSA) is 81.1 Å². The molecule has 0 aromatic carbocycles. The van der Waals surface area contributed by atoms with Gasteiger partial charge in [0.2, 0.25) is 0 Å². The lowest BCUT2D eigenvalue weighted by atomic mass is 9.85. The van der Waals surface area contributed by atoms with Crippen LogP contribution in [-0.2, 0) is 6.54 Å². The lowest BCUT2D eigenvalue weighted by molar-refractivity contribution is 0.315. The van der Waals surface area contributed by atoms with Gasteiger partial charge < -0.3 is 11.1 Å². The summed E-state index contributed by atoms with van der Waals surface area (Å²) in [5, 5.41) is 7.36. The lowest BCUT2D eigenvalue weighted by Crippen LogP contribution is -2.37. The molecule has 6 heteroatoms. The third-order valence-electron chi connectivity index (χ3n) is 3.78. The number of hydrogen-bond donors (Lipinski definition) is 2. The lowest BCUT2D eigenvalue weighted by Gasteiger charge is -2.25. The van der Waals surface area contributed by atoms with Crippen molar-refractivity contribution in [2.24, 2.45) is 16.6 Å². The maximum Gasteiger partial charge on any atom is 0.188 e. The molecule has 21 heavy (non-hydrogen) atoms. The Kier molecular flexibility index (Phi) is 4.14. The Hall–Kier alpha value is -2.37. The van der Waals surface area contributed by atoms with E-state index in [2.05, 4.69) is 20.4 Å². The van der Waals surface area contributed by atoms with Gasteiger partial charge in [-0.3, -0.25) is 0 Å². The van der Waals surface area contributed by atoms with Crippen LogP contribution in [0.2, 0.25) is 0 Å². The molecule has 6 nitrogen and oxygen atoms in total. The number of aliphatic imine (C=N–C) groups is 1. The summed E-state index contributed by atoms with van der Waals surface area (Å²) < 4.78 is 1.73. The van der Waals surface area contributed by atoms with Crippen molar-refractivity contribution >= 4 is 5.96 Å². The van der Waals surface area contributed by atoms with E-state index in [9.17, 15) is 0 Å². The van der Waals surface area contributed by atoms with E-state index < -0.39 is 0 Å². The molecule has 2 aromatic rings. The summed E-state index contributed by atoms with van der Waals surface area (Å²) in [6, 6.07) is 5.78. The van der Waals surface area contributed by atoms with Crippen LogP contribution in [0.3, 0.4) is 0 Å². The van der Waals surface area contributed by atoms with E-state index in [1.54, 1.807) is 17.1 Å². The fourth-order valence-corrected chi connectivity index (χ4v) is 2.27. The minimum absolute atomic E-state index is 0.513. The summed E-state index contributed by atoms with van der Waals surface area (Å²) in [5.74, 6) is 2.07. The Labute approximate surface area is 124 Å². The zero-order valence-electron chi connectivity index (χ0n) is 11.9. The van der Waals surface area contributed by atoms with Crippen LogP contribution in [0.25, 0.3) is 5.82 Å². The summed E-state index contributed by atoms with van der Waals surface area (Å²) in [4.78, 5) is 8.67. The summed E-state index contributed by atoms with van der Waals surface area (Å²) in [5.41, 5.74) is 6.95. The van der Waals surface area contributed by atoms with Crippen molar-refractivity contribution in [2.45, 2.75) is 25.8 Å². The molecule has 2 heterocycles. The Balaban J connectivity index is 1.58. The van der Waals surface area contributed by atoms with Crippen molar-refractivity contribution in [3.05, 3.63) is 42.4 Å². The second-order valence-corrected chi connectivity index (χ2v) is 5.35. The standard InChI is InChI=1S/C15H20N6/c16-15(18-10-12-3-1-4-12)19-11-13-5-7-17-14(9-13)21-8-2-6-20-21/h2,5-9,12H,1,3-4,10-11H2,(H3,16,18,19). The molecular weight excluding hydrogens is 264 g/mol. The van der Waals surface area contributed by atoms with E-state index in [-0.39, 0.29) is 0 Å². The van der Waals surface area contributed by atoms with Gasteiger partial charge in [0.05, 0.1) is 6.54 Å². The smallest absolute Gasteiger partial charge is 0.188 e. The molecule has 0 saturated heterocycles. The van der Waals surface area contributed by atoms with Crippen molar-refractivity contribution in [2.75, 3.05) is 6.54 Å². The van der Waals surface area contributed by atoms with Gasteiger partial charge in [0.15, 0.2) is 11.8 Å². The molecule has 1 saturated carbocycles. The average molecular weight is 284 g/mol. The normalized spacial score (nSPS) is 15.7. The van der Waals surface area contributed by atoms with E-state index in [0.717, 1.165) is 23.8 Å². The van der Waals surface area contributed by atoms with Gasteiger partial charge in [-0.25, -0.2) is 14.7 Å². The molecule has 0 amide bonds. The molecule has 0 unspecified atom stereocenters. The first-order valence-electron chi connectivity index (χ1n) is 7.30. The quantitative estimate of drug-likeness (QED) is 0.643. The SMILES string of the molecule is NC(=NCc1ccnc(-n2cccn2)c1)NCC1CCC1. The second-order valence-electron chi connectivity index (χ2n) is 5.35. The first-order chi connectivity index (χ1) is 10.3. The average Bonchev–Trinajstić information content (AvgIpc) is 2.98. The largest absolute Gasteiger partial charge is 0.370 e. The van der Waals surface area contributed by atoms with Crippen LogP contribution >= 0.6 is 0 Å². The maximum atomic E-state index is 5.89. The van der Waals surface area contributed by atoms with E-state index in [1.807, 2.05) is 24.4 Å². The van der Waals surface area contributed by atoms with Crippen molar-refractivity contribution in [1.82, 2.24) is 20.1 Å². The Morgan fingerprint density at radius 1 is 1.43 bits per heavy atom. The van der Waals surface area contributed by atoms with Crippen molar-refractivity contribution in [3.63, 3.8) is 0 Å². The molecule has 0 radical (unpaired) electrons. The number of hydrogen-bond acceptors (Lipinski definition) is 3. The molecule has 0 atom stereocenters. The summed E-state index contributed by atoms with van der Waals surface area (Å²) >= 11 is 0. The number of pyridine rings is 1. The molecule has 0 bridgehead atoms. The molecule has 1 fully saturated rings. The van der Waals surface area contributed by atoms with Gasteiger partial charge in [-0.15, -0.1) is 0 Å². The molecule has 0 aliphatic heterocycles. The molecule has 1 aliphatic carbocycles. The number of aromatic nitrogens is 3. The second kappa shape index (κ2) is 6.39. The molecular formula is C15H20N6. The molecule has 2 aromatic heterocycles. The third kappa shape index (κ3) is 3.59. The van der Waals surface area contributed by atoms with Crippen LogP contribution in [0, 0.1) is 5.92 Å². The van der Waals surface area contributed by atoms with E-state index in [1.165, 1.54) is 19.3 Å². The van der Waals surface area contributed by atoms with E-state index in [0.29, 0.717) is 12.5 Å². The van der Waals surface area contributed by atoms with Gasteiger partial charge in [-0.05, 0) is 42.5 Å². The zero-order chi connectivity index (χ0) is 14.5. The highest BCUT2D eigenvalue weighted by molar-refractivity contribution is 5.77. The van der Waals surface area contributed by atoms with Gasteiger partial charge in [-0.2, -0.15) is 5.10 Å². The van der Waals surface area contributed by atoms with E-state index in [4.69, 9.17) is 5.73 Å². The first kappa shape index (κ1) is 13.6. The molecule has 1 aliphatic rings. The van der Waals surface area contributed by atoms with Gasteiger partial charge >= 0.3 is 0 Å². The van der Waals surface area contributed by atoms with Crippen molar-refractivity contribution in [3.8, 4) is 5.82 Å². The highest BCUT2D eigenvalue weighted by atomic mass is 15.3. The minimum Gasteiger partial charge on any atom is -0.370 e. The first-order valence-corrected chi connectivity index (χ1v) is 7.30. The fraction of sp³-hybridized carbons (Fsp3) is 0.400. The van der Waals surface area contributed by atoms with Crippen LogP contribution in [0.1, 0.15) is 24.8 Å². The van der Waals surface area contributed by atoms with Crippen molar-refractivity contribution < 1.29 is 0 Å². The van der Waals surface area contributed by atoms with Gasteiger partial charge in [0, 0.05) is 25.1 Å². The van der Waals surface area contributed by atoms with Crippen LogP contribution in [0.15, 0.2) is 41.8 Å². The zero-order valence-corrected chi connectivity index (χ0v) is 11.9. The predicted octanol–water partition coefficient (Wildman–Crippen LogP) is 1.47. The number of nitrogens with one attached hydrogen (secondary N) is 1. The van der Waals surface area contributed by atoms with Crippen molar-refractivity contribution in [1.29, 1.82) is 0 Å². The predicted molar refractivity (Wildman–Crippen MR) is 82.0 cm³/mol. The monoisotopic (exact) mass is 284 g/mol. The third-order valence-corrected chi connectivity index (χ3v) is 3.78. The molecule has 0 spiro atoms. The number of nitrogens with zero attached hydrogens (tertiary/aromatic N) is 4. The maximum absolute atomic E-state index is 5.89. The minimum atomic E-state index is 0.513. The van der Waals surface area contributed by atoms with Gasteiger partial charge in [-0.1, -0.05) is 6.42 Å². The summed E-state index contributed by atoms with van der Waals surface area (Å²) in [7, 11) is 0. The number of guanidine groups is 1. The highest BCUT2D eigenvalue weighted by Crippen LogP contribution is 2.24. The Morgan fingerprint density at radius 2 is 2.33 bits per heavy atom. The van der Waals surface area contributed by atoms with E-state index >= 15 is 0 Å². The highest BCUT2D eigenvalue weighted by Gasteiger charge is 2.16. The molecule has 3 rings (SSSR count). The Morgan fingerprint density at radius 3 is 3.05 bits per heavy atom. The van der Waals surface area contributed by atoms with Gasteiger partial charge in [0.25, 0.3) is 0 Å². The van der Waals surface area contributed by atoms with Crippen LogP contribution < -0.4 is 11.1 Å².